The zero-order chi connectivity index (χ0) is 13.1. The first-order valence-electron chi connectivity index (χ1n) is 5.39. The predicted octanol–water partition coefficient (Wildman–Crippen LogP) is 0.726. The molecule has 1 aromatic carbocycles. The Morgan fingerprint density at radius 1 is 1.28 bits per heavy atom. The van der Waals surface area contributed by atoms with Crippen LogP contribution in [0, 0.1) is 13.8 Å². The molecular weight excluding hydrogens is 250 g/mol. The van der Waals surface area contributed by atoms with E-state index in [2.05, 4.69) is 10.2 Å². The third-order valence-corrected chi connectivity index (χ3v) is 3.31. The average Bonchev–Trinajstić information content (AvgIpc) is 2.69. The maximum atomic E-state index is 10.5. The van der Waals surface area contributed by atoms with Crippen LogP contribution in [0.1, 0.15) is 11.4 Å². The van der Waals surface area contributed by atoms with Gasteiger partial charge >= 0.3 is 0 Å². The van der Waals surface area contributed by atoms with Crippen molar-refractivity contribution in [3.05, 3.63) is 35.7 Å². The lowest BCUT2D eigenvalue weighted by Gasteiger charge is -2.08. The number of nitrogens with zero attached hydrogens (tertiary/aromatic N) is 3. The van der Waals surface area contributed by atoms with Gasteiger partial charge in [-0.1, -0.05) is 29.5 Å². The molecule has 1 heterocycles. The van der Waals surface area contributed by atoms with Gasteiger partial charge in [-0.15, -0.1) is 10.2 Å². The molecule has 0 N–H and O–H groups in total. The number of aromatic nitrogens is 3. The van der Waals surface area contributed by atoms with E-state index in [4.69, 9.17) is 0 Å². The van der Waals surface area contributed by atoms with Crippen molar-refractivity contribution >= 4 is 17.7 Å². The fourth-order valence-corrected chi connectivity index (χ4v) is 2.26. The number of carbonyl (C=O) groups excluding carboxylic acids is 1. The third kappa shape index (κ3) is 2.70. The molecule has 0 spiro atoms. The molecule has 18 heavy (non-hydrogen) atoms. The van der Waals surface area contributed by atoms with Crippen molar-refractivity contribution in [3.8, 4) is 5.69 Å². The molecule has 0 atom stereocenters. The quantitative estimate of drug-likeness (QED) is 0.759. The first kappa shape index (κ1) is 12.6. The van der Waals surface area contributed by atoms with Gasteiger partial charge in [0.15, 0.2) is 5.16 Å². The van der Waals surface area contributed by atoms with Crippen LogP contribution in [0.4, 0.5) is 0 Å². The van der Waals surface area contributed by atoms with E-state index in [9.17, 15) is 9.90 Å². The molecule has 5 nitrogen and oxygen atoms in total. The first-order chi connectivity index (χ1) is 8.58. The van der Waals surface area contributed by atoms with Gasteiger partial charge in [-0.3, -0.25) is 4.57 Å². The van der Waals surface area contributed by atoms with Crippen LogP contribution in [0.25, 0.3) is 5.69 Å². The van der Waals surface area contributed by atoms with E-state index >= 15 is 0 Å². The molecule has 0 fully saturated rings. The Bertz CT molecular complexity index is 563. The summed E-state index contributed by atoms with van der Waals surface area (Å²) >= 11 is 1.10. The lowest BCUT2D eigenvalue weighted by atomic mass is 10.2. The van der Waals surface area contributed by atoms with E-state index in [1.807, 2.05) is 42.7 Å². The molecule has 0 bridgehead atoms. The highest BCUT2D eigenvalue weighted by Crippen LogP contribution is 2.21. The highest BCUT2D eigenvalue weighted by molar-refractivity contribution is 7.99. The largest absolute Gasteiger partial charge is 0.549 e. The zero-order valence-corrected chi connectivity index (χ0v) is 10.9. The van der Waals surface area contributed by atoms with E-state index in [0.29, 0.717) is 5.16 Å². The Kier molecular flexibility index (Phi) is 3.66. The molecule has 2 aromatic rings. The minimum atomic E-state index is -1.11. The number of benzene rings is 1. The van der Waals surface area contributed by atoms with Crippen molar-refractivity contribution < 1.29 is 9.90 Å². The van der Waals surface area contributed by atoms with Gasteiger partial charge in [-0.05, 0) is 26.0 Å². The van der Waals surface area contributed by atoms with Gasteiger partial charge in [0, 0.05) is 11.4 Å². The Hall–Kier alpha value is -1.82. The number of hydrogen-bond donors (Lipinski definition) is 0. The monoisotopic (exact) mass is 262 g/mol. The molecule has 0 aliphatic carbocycles. The summed E-state index contributed by atoms with van der Waals surface area (Å²) in [4.78, 5) is 10.5. The van der Waals surface area contributed by atoms with Gasteiger partial charge in [0.25, 0.3) is 0 Å². The number of hydrogen-bond acceptors (Lipinski definition) is 5. The van der Waals surface area contributed by atoms with Crippen LogP contribution in [0.15, 0.2) is 29.4 Å². The first-order valence-corrected chi connectivity index (χ1v) is 6.38. The van der Waals surface area contributed by atoms with Gasteiger partial charge in [0.05, 0.1) is 5.97 Å². The second-order valence-corrected chi connectivity index (χ2v) is 4.80. The maximum absolute atomic E-state index is 10.5. The highest BCUT2D eigenvalue weighted by Gasteiger charge is 2.10. The average molecular weight is 262 g/mol. The number of carbonyl (C=O) groups is 1. The van der Waals surface area contributed by atoms with Crippen molar-refractivity contribution in [3.63, 3.8) is 0 Å². The Balaban J connectivity index is 2.34. The molecule has 0 amide bonds. The Morgan fingerprint density at radius 3 is 2.56 bits per heavy atom. The predicted molar refractivity (Wildman–Crippen MR) is 66.6 cm³/mol. The van der Waals surface area contributed by atoms with Crippen molar-refractivity contribution in [2.45, 2.75) is 19.0 Å². The van der Waals surface area contributed by atoms with Gasteiger partial charge in [0.1, 0.15) is 5.82 Å². The fourth-order valence-electron chi connectivity index (χ4n) is 1.55. The molecule has 6 heteroatoms. The summed E-state index contributed by atoms with van der Waals surface area (Å²) in [6.07, 6.45) is 0. The number of aryl methyl sites for hydroxylation is 2. The summed E-state index contributed by atoms with van der Waals surface area (Å²) in [5, 5.41) is 19.0. The summed E-state index contributed by atoms with van der Waals surface area (Å²) in [7, 11) is 0. The third-order valence-electron chi connectivity index (χ3n) is 2.41. The molecule has 0 saturated carbocycles. The van der Waals surface area contributed by atoms with Gasteiger partial charge < -0.3 is 9.90 Å². The lowest BCUT2D eigenvalue weighted by Crippen LogP contribution is -2.24. The molecule has 0 aliphatic heterocycles. The summed E-state index contributed by atoms with van der Waals surface area (Å²) in [5.74, 6) is -0.528. The highest BCUT2D eigenvalue weighted by atomic mass is 32.2. The SMILES string of the molecule is Cc1ccc(-n2c(C)nnc2SCC(=O)[O-])cc1. The fraction of sp³-hybridized carbons (Fsp3) is 0.250. The minimum Gasteiger partial charge on any atom is -0.549 e. The molecule has 0 radical (unpaired) electrons. The van der Waals surface area contributed by atoms with Gasteiger partial charge in [-0.25, -0.2) is 0 Å². The summed E-state index contributed by atoms with van der Waals surface area (Å²) in [5.41, 5.74) is 2.08. The number of rotatable bonds is 4. The van der Waals surface area contributed by atoms with E-state index in [0.717, 1.165) is 28.8 Å². The molecule has 0 unspecified atom stereocenters. The zero-order valence-electron chi connectivity index (χ0n) is 10.1. The number of carboxylic acids is 1. The Labute approximate surface area is 109 Å². The maximum Gasteiger partial charge on any atom is 0.196 e. The van der Waals surface area contributed by atoms with E-state index in [1.165, 1.54) is 0 Å². The van der Waals surface area contributed by atoms with Crippen molar-refractivity contribution in [2.24, 2.45) is 0 Å². The number of thioether (sulfide) groups is 1. The van der Waals surface area contributed by atoms with E-state index < -0.39 is 5.97 Å². The van der Waals surface area contributed by atoms with E-state index in [-0.39, 0.29) is 5.75 Å². The van der Waals surface area contributed by atoms with E-state index in [1.54, 1.807) is 0 Å². The summed E-state index contributed by atoms with van der Waals surface area (Å²) < 4.78 is 1.83. The van der Waals surface area contributed by atoms with Crippen molar-refractivity contribution in [1.29, 1.82) is 0 Å². The van der Waals surface area contributed by atoms with Crippen LogP contribution < -0.4 is 5.11 Å². The second-order valence-electron chi connectivity index (χ2n) is 3.86. The summed E-state index contributed by atoms with van der Waals surface area (Å²) in [6.45, 7) is 3.84. The van der Waals surface area contributed by atoms with Gasteiger partial charge in [0.2, 0.25) is 0 Å². The smallest absolute Gasteiger partial charge is 0.196 e. The van der Waals surface area contributed by atoms with Crippen molar-refractivity contribution in [1.82, 2.24) is 14.8 Å². The van der Waals surface area contributed by atoms with Crippen LogP contribution in [0.3, 0.4) is 0 Å². The molecule has 0 saturated heterocycles. The van der Waals surface area contributed by atoms with Crippen LogP contribution in [0.5, 0.6) is 0 Å². The van der Waals surface area contributed by atoms with Crippen LogP contribution in [-0.4, -0.2) is 26.5 Å². The number of aliphatic carboxylic acids is 1. The standard InChI is InChI=1S/C12H13N3O2S/c1-8-3-5-10(6-4-8)15-9(2)13-14-12(15)18-7-11(16)17/h3-6H,7H2,1-2H3,(H,16,17)/p-1. The lowest BCUT2D eigenvalue weighted by molar-refractivity contribution is -0.301. The molecule has 2 rings (SSSR count). The molecule has 0 aliphatic rings. The minimum absolute atomic E-state index is 0.135. The van der Waals surface area contributed by atoms with Crippen LogP contribution >= 0.6 is 11.8 Å². The number of carboxylic acid groups (broad SMARTS) is 1. The molecular formula is C12H12N3O2S-. The summed E-state index contributed by atoms with van der Waals surface area (Å²) in [6, 6.07) is 7.88. The Morgan fingerprint density at radius 2 is 1.94 bits per heavy atom. The van der Waals surface area contributed by atoms with Crippen LogP contribution in [0.2, 0.25) is 0 Å². The molecule has 1 aromatic heterocycles. The van der Waals surface area contributed by atoms with Crippen LogP contribution in [-0.2, 0) is 4.79 Å². The normalized spacial score (nSPS) is 10.6. The second kappa shape index (κ2) is 5.22. The topological polar surface area (TPSA) is 70.8 Å². The van der Waals surface area contributed by atoms with Gasteiger partial charge in [-0.2, -0.15) is 0 Å². The van der Waals surface area contributed by atoms with Crippen molar-refractivity contribution in [2.75, 3.05) is 5.75 Å². The molecule has 94 valence electrons.